The first-order valence-electron chi connectivity index (χ1n) is 6.12. The molecule has 0 amide bonds. The number of nitrogens with zero attached hydrogens (tertiary/aromatic N) is 1. The molecule has 2 aliphatic heterocycles. The zero-order valence-electron chi connectivity index (χ0n) is 9.84. The number of likely N-dealkylation sites (tertiary alicyclic amines) is 1. The normalized spacial score (nSPS) is 33.2. The van der Waals surface area contributed by atoms with E-state index in [4.69, 9.17) is 0 Å². The molecule has 0 aromatic rings. The third-order valence-corrected chi connectivity index (χ3v) is 3.95. The molecule has 1 atom stereocenters. The van der Waals surface area contributed by atoms with E-state index in [1.807, 2.05) is 0 Å². The van der Waals surface area contributed by atoms with Gasteiger partial charge < -0.3 is 5.32 Å². The Morgan fingerprint density at radius 1 is 1.36 bits per heavy atom. The van der Waals surface area contributed by atoms with E-state index in [9.17, 15) is 0 Å². The standard InChI is InChI=1S/C12H24N2/c1-4-5-10-8-14(9-10)11-6-7-13-12(11,2)3/h10-11,13H,4-9H2,1-3H3. The third-order valence-electron chi connectivity index (χ3n) is 3.95. The van der Waals surface area contributed by atoms with E-state index in [0.717, 1.165) is 12.0 Å². The molecule has 82 valence electrons. The molecule has 2 heteroatoms. The SMILES string of the molecule is CCCC1CN(C2CCNC2(C)C)C1. The second kappa shape index (κ2) is 3.82. The lowest BCUT2D eigenvalue weighted by Gasteiger charge is -2.47. The van der Waals surface area contributed by atoms with Gasteiger partial charge in [0.05, 0.1) is 0 Å². The highest BCUT2D eigenvalue weighted by Crippen LogP contribution is 2.31. The lowest BCUT2D eigenvalue weighted by Crippen LogP contribution is -2.59. The summed E-state index contributed by atoms with van der Waals surface area (Å²) in [7, 11) is 0. The van der Waals surface area contributed by atoms with Crippen molar-refractivity contribution < 1.29 is 0 Å². The van der Waals surface area contributed by atoms with E-state index in [1.54, 1.807) is 0 Å². The molecule has 1 unspecified atom stereocenters. The molecule has 2 aliphatic rings. The molecule has 0 aromatic carbocycles. The average Bonchev–Trinajstić information content (AvgIpc) is 2.37. The van der Waals surface area contributed by atoms with Gasteiger partial charge in [0.1, 0.15) is 0 Å². The minimum atomic E-state index is 0.344. The Labute approximate surface area is 88.1 Å². The molecule has 2 rings (SSSR count). The zero-order chi connectivity index (χ0) is 10.2. The molecule has 0 bridgehead atoms. The van der Waals surface area contributed by atoms with Gasteiger partial charge in [0.2, 0.25) is 0 Å². The monoisotopic (exact) mass is 196 g/mol. The highest BCUT2D eigenvalue weighted by atomic mass is 15.3. The highest BCUT2D eigenvalue weighted by molar-refractivity contribution is 5.01. The Morgan fingerprint density at radius 3 is 2.57 bits per heavy atom. The van der Waals surface area contributed by atoms with Gasteiger partial charge in [0.15, 0.2) is 0 Å². The summed E-state index contributed by atoms with van der Waals surface area (Å²) < 4.78 is 0. The first kappa shape index (κ1) is 10.4. The predicted octanol–water partition coefficient (Wildman–Crippen LogP) is 1.86. The molecule has 0 radical (unpaired) electrons. The van der Waals surface area contributed by atoms with Crippen LogP contribution in [0.2, 0.25) is 0 Å². The fourth-order valence-electron chi connectivity index (χ4n) is 3.10. The van der Waals surface area contributed by atoms with Crippen LogP contribution in [0.3, 0.4) is 0 Å². The van der Waals surface area contributed by atoms with Crippen LogP contribution in [0.4, 0.5) is 0 Å². The van der Waals surface area contributed by atoms with Crippen molar-refractivity contribution in [2.24, 2.45) is 5.92 Å². The average molecular weight is 196 g/mol. The van der Waals surface area contributed by atoms with Crippen LogP contribution >= 0.6 is 0 Å². The van der Waals surface area contributed by atoms with Crippen molar-refractivity contribution in [1.82, 2.24) is 10.2 Å². The Kier molecular flexibility index (Phi) is 2.85. The molecular formula is C12H24N2. The lowest BCUT2D eigenvalue weighted by molar-refractivity contribution is 0.0258. The number of rotatable bonds is 3. The topological polar surface area (TPSA) is 15.3 Å². The predicted molar refractivity (Wildman–Crippen MR) is 60.5 cm³/mol. The summed E-state index contributed by atoms with van der Waals surface area (Å²) in [6, 6.07) is 0.788. The van der Waals surface area contributed by atoms with Gasteiger partial charge in [-0.15, -0.1) is 0 Å². The smallest absolute Gasteiger partial charge is 0.0284 e. The van der Waals surface area contributed by atoms with E-state index >= 15 is 0 Å². The quantitative estimate of drug-likeness (QED) is 0.741. The maximum atomic E-state index is 3.60. The summed E-state index contributed by atoms with van der Waals surface area (Å²) in [6.07, 6.45) is 4.12. The van der Waals surface area contributed by atoms with Crippen LogP contribution in [-0.4, -0.2) is 36.1 Å². The van der Waals surface area contributed by atoms with Gasteiger partial charge in [0, 0.05) is 24.7 Å². The van der Waals surface area contributed by atoms with E-state index in [-0.39, 0.29) is 0 Å². The van der Waals surface area contributed by atoms with E-state index < -0.39 is 0 Å². The number of hydrogen-bond acceptors (Lipinski definition) is 2. The minimum Gasteiger partial charge on any atom is -0.310 e. The van der Waals surface area contributed by atoms with Crippen molar-refractivity contribution in [1.29, 1.82) is 0 Å². The number of nitrogens with one attached hydrogen (secondary N) is 1. The van der Waals surface area contributed by atoms with E-state index in [0.29, 0.717) is 5.54 Å². The van der Waals surface area contributed by atoms with Crippen LogP contribution in [0.5, 0.6) is 0 Å². The van der Waals surface area contributed by atoms with Crippen molar-refractivity contribution in [2.45, 2.75) is 51.6 Å². The molecule has 0 saturated carbocycles. The number of hydrogen-bond donors (Lipinski definition) is 1. The third kappa shape index (κ3) is 1.82. The van der Waals surface area contributed by atoms with Crippen LogP contribution < -0.4 is 5.32 Å². The molecule has 1 N–H and O–H groups in total. The Hall–Kier alpha value is -0.0800. The van der Waals surface area contributed by atoms with E-state index in [2.05, 4.69) is 31.0 Å². The van der Waals surface area contributed by atoms with Crippen LogP contribution in [-0.2, 0) is 0 Å². The lowest BCUT2D eigenvalue weighted by atomic mass is 9.87. The van der Waals surface area contributed by atoms with Crippen molar-refractivity contribution in [2.75, 3.05) is 19.6 Å². The van der Waals surface area contributed by atoms with Crippen LogP contribution in [0.15, 0.2) is 0 Å². The zero-order valence-corrected chi connectivity index (χ0v) is 9.84. The maximum absolute atomic E-state index is 3.60. The fraction of sp³-hybridized carbons (Fsp3) is 1.00. The van der Waals surface area contributed by atoms with Gasteiger partial charge in [-0.1, -0.05) is 13.3 Å². The molecule has 2 heterocycles. The van der Waals surface area contributed by atoms with Crippen LogP contribution in [0.1, 0.15) is 40.0 Å². The maximum Gasteiger partial charge on any atom is 0.0284 e. The molecule has 2 saturated heterocycles. The summed E-state index contributed by atoms with van der Waals surface area (Å²) in [6.45, 7) is 10.9. The molecule has 2 nitrogen and oxygen atoms in total. The molecule has 0 aliphatic carbocycles. The highest BCUT2D eigenvalue weighted by Gasteiger charge is 2.42. The molecule has 0 aromatic heterocycles. The summed E-state index contributed by atoms with van der Waals surface area (Å²) >= 11 is 0. The van der Waals surface area contributed by atoms with Gasteiger partial charge in [-0.3, -0.25) is 4.90 Å². The summed E-state index contributed by atoms with van der Waals surface area (Å²) in [5, 5.41) is 3.60. The van der Waals surface area contributed by atoms with Crippen LogP contribution in [0.25, 0.3) is 0 Å². The molecule has 0 spiro atoms. The Balaban J connectivity index is 1.81. The van der Waals surface area contributed by atoms with Gasteiger partial charge in [-0.25, -0.2) is 0 Å². The minimum absolute atomic E-state index is 0.344. The van der Waals surface area contributed by atoms with Crippen molar-refractivity contribution in [3.63, 3.8) is 0 Å². The molecular weight excluding hydrogens is 172 g/mol. The van der Waals surface area contributed by atoms with Crippen molar-refractivity contribution in [3.05, 3.63) is 0 Å². The van der Waals surface area contributed by atoms with Gasteiger partial charge in [-0.05, 0) is 39.2 Å². The van der Waals surface area contributed by atoms with Crippen molar-refractivity contribution >= 4 is 0 Å². The second-order valence-corrected chi connectivity index (χ2v) is 5.56. The summed E-state index contributed by atoms with van der Waals surface area (Å²) in [4.78, 5) is 2.68. The molecule has 14 heavy (non-hydrogen) atoms. The largest absolute Gasteiger partial charge is 0.310 e. The van der Waals surface area contributed by atoms with E-state index in [1.165, 1.54) is 38.9 Å². The summed E-state index contributed by atoms with van der Waals surface area (Å²) in [5.41, 5.74) is 0.344. The van der Waals surface area contributed by atoms with Gasteiger partial charge >= 0.3 is 0 Å². The van der Waals surface area contributed by atoms with Gasteiger partial charge in [-0.2, -0.15) is 0 Å². The summed E-state index contributed by atoms with van der Waals surface area (Å²) in [5.74, 6) is 0.997. The Bertz CT molecular complexity index is 194. The van der Waals surface area contributed by atoms with Crippen LogP contribution in [0, 0.1) is 5.92 Å². The first-order chi connectivity index (χ1) is 6.63. The molecule has 2 fully saturated rings. The first-order valence-corrected chi connectivity index (χ1v) is 6.12. The second-order valence-electron chi connectivity index (χ2n) is 5.56. The van der Waals surface area contributed by atoms with Gasteiger partial charge in [0.25, 0.3) is 0 Å². The Morgan fingerprint density at radius 2 is 2.07 bits per heavy atom. The fourth-order valence-corrected chi connectivity index (χ4v) is 3.10. The van der Waals surface area contributed by atoms with Crippen molar-refractivity contribution in [3.8, 4) is 0 Å².